The van der Waals surface area contributed by atoms with E-state index in [0.29, 0.717) is 0 Å². The van der Waals surface area contributed by atoms with Gasteiger partial charge >= 0.3 is 6.36 Å². The topological polar surface area (TPSA) is 65.3 Å². The van der Waals surface area contributed by atoms with E-state index < -0.39 is 34.8 Å². The number of hydrogen-bond acceptors (Lipinski definition) is 4. The zero-order chi connectivity index (χ0) is 13.2. The number of pyridine rings is 1. The van der Waals surface area contributed by atoms with Crippen LogP contribution in [0.2, 0.25) is 0 Å². The fourth-order valence-electron chi connectivity index (χ4n) is 0.945. The van der Waals surface area contributed by atoms with Crippen molar-refractivity contribution in [1.82, 2.24) is 4.98 Å². The van der Waals surface area contributed by atoms with Crippen LogP contribution >= 0.6 is 0 Å². The van der Waals surface area contributed by atoms with Crippen molar-refractivity contribution in [2.45, 2.75) is 12.8 Å². The van der Waals surface area contributed by atoms with Gasteiger partial charge in [-0.2, -0.15) is 0 Å². The first kappa shape index (κ1) is 13.1. The van der Waals surface area contributed by atoms with E-state index in [0.717, 1.165) is 0 Å². The second kappa shape index (κ2) is 4.47. The van der Waals surface area contributed by atoms with Crippen LogP contribution in [0.3, 0.4) is 0 Å². The summed E-state index contributed by atoms with van der Waals surface area (Å²) in [5, 5.41) is 10.3. The second-order valence-corrected chi connectivity index (χ2v) is 2.69. The molecule has 0 saturated carbocycles. The van der Waals surface area contributed by atoms with Crippen LogP contribution in [0, 0.1) is 10.1 Å². The fraction of sp³-hybridized carbons (Fsp3) is 0.286. The van der Waals surface area contributed by atoms with Gasteiger partial charge in [0.25, 0.3) is 12.1 Å². The van der Waals surface area contributed by atoms with E-state index in [1.807, 2.05) is 0 Å². The van der Waals surface area contributed by atoms with Crippen molar-refractivity contribution in [3.63, 3.8) is 0 Å². The van der Waals surface area contributed by atoms with Gasteiger partial charge in [0.1, 0.15) is 11.8 Å². The average Bonchev–Trinajstić information content (AvgIpc) is 2.14. The second-order valence-electron chi connectivity index (χ2n) is 2.69. The molecule has 0 fully saturated rings. The Hall–Kier alpha value is -2.00. The third-order valence-corrected chi connectivity index (χ3v) is 1.54. The molecule has 0 bridgehead atoms. The Bertz CT molecular complexity index is 434. The summed E-state index contributed by atoms with van der Waals surface area (Å²) in [6.07, 6.45) is -8.14. The zero-order valence-electron chi connectivity index (χ0n) is 7.74. The quantitative estimate of drug-likeness (QED) is 0.475. The van der Waals surface area contributed by atoms with E-state index in [4.69, 9.17) is 0 Å². The summed E-state index contributed by atoms with van der Waals surface area (Å²) in [5.41, 5.74) is -2.27. The van der Waals surface area contributed by atoms with E-state index in [9.17, 15) is 32.1 Å². The maximum atomic E-state index is 12.3. The maximum Gasteiger partial charge on any atom is 0.574 e. The van der Waals surface area contributed by atoms with E-state index >= 15 is 0 Å². The van der Waals surface area contributed by atoms with Crippen molar-refractivity contribution in [2.24, 2.45) is 0 Å². The summed E-state index contributed by atoms with van der Waals surface area (Å²) in [6.45, 7) is 0. The average molecular weight is 258 g/mol. The highest BCUT2D eigenvalue weighted by molar-refractivity contribution is 5.41. The summed E-state index contributed by atoms with van der Waals surface area (Å²) < 4.78 is 63.2. The summed E-state index contributed by atoms with van der Waals surface area (Å²) >= 11 is 0. The molecular weight excluding hydrogens is 255 g/mol. The zero-order valence-corrected chi connectivity index (χ0v) is 7.74. The van der Waals surface area contributed by atoms with Crippen LogP contribution < -0.4 is 4.74 Å². The summed E-state index contributed by atoms with van der Waals surface area (Å²) in [6, 6.07) is 0.177. The molecule has 94 valence electrons. The van der Waals surface area contributed by atoms with Gasteiger partial charge in [0.2, 0.25) is 5.88 Å². The van der Waals surface area contributed by atoms with E-state index in [-0.39, 0.29) is 12.3 Å². The Balaban J connectivity index is 3.15. The van der Waals surface area contributed by atoms with Crippen molar-refractivity contribution >= 4 is 5.69 Å². The molecule has 1 aromatic heterocycles. The van der Waals surface area contributed by atoms with Crippen LogP contribution in [0.4, 0.5) is 27.6 Å². The van der Waals surface area contributed by atoms with Gasteiger partial charge in [-0.1, -0.05) is 0 Å². The van der Waals surface area contributed by atoms with Gasteiger partial charge in [-0.3, -0.25) is 10.1 Å². The standard InChI is InChI=1S/C7H3F5N2O3/c8-6(9)3-1-5(17-7(10,11)12)13-2-4(3)14(15)16/h1-2,6H. The molecule has 0 unspecified atom stereocenters. The van der Waals surface area contributed by atoms with Crippen molar-refractivity contribution in [3.05, 3.63) is 27.9 Å². The first-order valence-electron chi connectivity index (χ1n) is 3.89. The molecule has 5 nitrogen and oxygen atoms in total. The monoisotopic (exact) mass is 258 g/mol. The molecule has 0 aliphatic carbocycles. The molecule has 0 amide bonds. The molecule has 0 aliphatic rings. The molecule has 0 atom stereocenters. The van der Waals surface area contributed by atoms with Crippen LogP contribution in [0.5, 0.6) is 5.88 Å². The minimum absolute atomic E-state index is 0.177. The van der Waals surface area contributed by atoms with Gasteiger partial charge < -0.3 is 4.74 Å². The third-order valence-electron chi connectivity index (χ3n) is 1.54. The molecule has 17 heavy (non-hydrogen) atoms. The lowest BCUT2D eigenvalue weighted by atomic mass is 10.2. The smallest absolute Gasteiger partial charge is 0.388 e. The predicted octanol–water partition coefficient (Wildman–Crippen LogP) is 2.83. The molecule has 10 heteroatoms. The number of nitro groups is 1. The number of hydrogen-bond donors (Lipinski definition) is 0. The first-order chi connectivity index (χ1) is 7.70. The Kier molecular flexibility index (Phi) is 3.44. The third kappa shape index (κ3) is 3.50. The van der Waals surface area contributed by atoms with Gasteiger partial charge in [-0.15, -0.1) is 13.2 Å². The molecule has 1 heterocycles. The molecule has 1 aromatic rings. The number of rotatable bonds is 3. The Morgan fingerprint density at radius 2 is 2.00 bits per heavy atom. The molecule has 0 radical (unpaired) electrons. The first-order valence-corrected chi connectivity index (χ1v) is 3.89. The normalized spacial score (nSPS) is 11.6. The Morgan fingerprint density at radius 3 is 2.41 bits per heavy atom. The number of aromatic nitrogens is 1. The predicted molar refractivity (Wildman–Crippen MR) is 42.5 cm³/mol. The van der Waals surface area contributed by atoms with Crippen LogP contribution in [0.15, 0.2) is 12.3 Å². The highest BCUT2D eigenvalue weighted by Crippen LogP contribution is 2.32. The Morgan fingerprint density at radius 1 is 1.41 bits per heavy atom. The van der Waals surface area contributed by atoms with Crippen LogP contribution in [-0.2, 0) is 0 Å². The van der Waals surface area contributed by atoms with Crippen LogP contribution in [0.1, 0.15) is 12.0 Å². The highest BCUT2D eigenvalue weighted by atomic mass is 19.4. The van der Waals surface area contributed by atoms with Crippen molar-refractivity contribution in [2.75, 3.05) is 0 Å². The maximum absolute atomic E-state index is 12.3. The molecule has 0 N–H and O–H groups in total. The number of halogens is 5. The molecular formula is C7H3F5N2O3. The van der Waals surface area contributed by atoms with Crippen LogP contribution in [0.25, 0.3) is 0 Å². The van der Waals surface area contributed by atoms with Crippen LogP contribution in [-0.4, -0.2) is 16.3 Å². The largest absolute Gasteiger partial charge is 0.574 e. The molecule has 1 rings (SSSR count). The number of nitrogens with zero attached hydrogens (tertiary/aromatic N) is 2. The lowest BCUT2D eigenvalue weighted by molar-refractivity contribution is -0.386. The summed E-state index contributed by atoms with van der Waals surface area (Å²) in [5.74, 6) is -1.18. The van der Waals surface area contributed by atoms with Crippen molar-refractivity contribution in [3.8, 4) is 5.88 Å². The van der Waals surface area contributed by atoms with Crippen molar-refractivity contribution in [1.29, 1.82) is 0 Å². The fourth-order valence-corrected chi connectivity index (χ4v) is 0.945. The lowest BCUT2D eigenvalue weighted by Crippen LogP contribution is -2.18. The Labute approximate surface area is 90.0 Å². The summed E-state index contributed by atoms with van der Waals surface area (Å²) in [4.78, 5) is 12.0. The van der Waals surface area contributed by atoms with Gasteiger partial charge in [-0.25, -0.2) is 13.8 Å². The van der Waals surface area contributed by atoms with Gasteiger partial charge in [0.15, 0.2) is 0 Å². The summed E-state index contributed by atoms with van der Waals surface area (Å²) in [7, 11) is 0. The van der Waals surface area contributed by atoms with E-state index in [1.165, 1.54) is 0 Å². The lowest BCUT2D eigenvalue weighted by Gasteiger charge is -2.08. The van der Waals surface area contributed by atoms with E-state index in [1.54, 1.807) is 0 Å². The SMILES string of the molecule is O=[N+]([O-])c1cnc(OC(F)(F)F)cc1C(F)F. The minimum atomic E-state index is -5.11. The minimum Gasteiger partial charge on any atom is -0.388 e. The van der Waals surface area contributed by atoms with Gasteiger partial charge in [0, 0.05) is 6.07 Å². The van der Waals surface area contributed by atoms with Gasteiger partial charge in [-0.05, 0) is 0 Å². The van der Waals surface area contributed by atoms with Crippen molar-refractivity contribution < 1.29 is 31.6 Å². The molecule has 0 aromatic carbocycles. The molecule has 0 spiro atoms. The van der Waals surface area contributed by atoms with Gasteiger partial charge in [0.05, 0.1) is 4.92 Å². The molecule has 0 saturated heterocycles. The number of alkyl halides is 5. The van der Waals surface area contributed by atoms with E-state index in [2.05, 4.69) is 9.72 Å². The number of ether oxygens (including phenoxy) is 1. The molecule has 0 aliphatic heterocycles. The highest BCUT2D eigenvalue weighted by Gasteiger charge is 2.33.